The molecular formula is C15H22N4O3. The topological polar surface area (TPSA) is 108 Å². The lowest BCUT2D eigenvalue weighted by Crippen LogP contribution is -2.29. The second kappa shape index (κ2) is 9.49. The fraction of sp³-hybridized carbons (Fsp3) is 0.467. The second-order valence-corrected chi connectivity index (χ2v) is 5.00. The van der Waals surface area contributed by atoms with E-state index in [2.05, 4.69) is 10.6 Å². The van der Waals surface area contributed by atoms with E-state index in [0.717, 1.165) is 37.8 Å². The molecule has 0 aliphatic carbocycles. The molecule has 0 radical (unpaired) electrons. The zero-order valence-electron chi connectivity index (χ0n) is 12.7. The summed E-state index contributed by atoms with van der Waals surface area (Å²) in [6, 6.07) is 5.41. The number of hydrogen-bond donors (Lipinski definition) is 3. The fourth-order valence-electron chi connectivity index (χ4n) is 1.96. The van der Waals surface area contributed by atoms with Crippen LogP contribution in [0.2, 0.25) is 0 Å². The van der Waals surface area contributed by atoms with Crippen LogP contribution in [0.3, 0.4) is 0 Å². The third-order valence-corrected chi connectivity index (χ3v) is 3.06. The van der Waals surface area contributed by atoms with Gasteiger partial charge in [0.05, 0.1) is 4.92 Å². The van der Waals surface area contributed by atoms with Crippen molar-refractivity contribution in [2.45, 2.75) is 39.0 Å². The predicted octanol–water partition coefficient (Wildman–Crippen LogP) is 3.71. The normalized spacial score (nSPS) is 10.0. The van der Waals surface area contributed by atoms with E-state index in [1.165, 1.54) is 18.2 Å². The lowest BCUT2D eigenvalue weighted by Gasteiger charge is -2.07. The third kappa shape index (κ3) is 6.83. The number of nitro groups is 1. The maximum Gasteiger partial charge on any atom is 0.319 e. The molecule has 0 saturated carbocycles. The monoisotopic (exact) mass is 306 g/mol. The molecular weight excluding hydrogens is 284 g/mol. The van der Waals surface area contributed by atoms with Gasteiger partial charge < -0.3 is 16.0 Å². The molecule has 2 amide bonds. The standard InChI is InChI=1S/C15H22N4O3/c1-2-6-12(16)7-3-4-10-17-15(20)18-13-8-5-9-14(11-13)19(21)22/h5,8-9,11,16H,2-4,6-7,10H2,1H3,(H2,17,18,20). The van der Waals surface area contributed by atoms with E-state index in [-0.39, 0.29) is 11.7 Å². The Bertz CT molecular complexity index is 531. The van der Waals surface area contributed by atoms with Gasteiger partial charge in [-0.3, -0.25) is 10.1 Å². The van der Waals surface area contributed by atoms with Crippen molar-refractivity contribution in [3.8, 4) is 0 Å². The molecule has 1 aromatic carbocycles. The number of unbranched alkanes of at least 4 members (excludes halogenated alkanes) is 1. The third-order valence-electron chi connectivity index (χ3n) is 3.06. The summed E-state index contributed by atoms with van der Waals surface area (Å²) < 4.78 is 0. The first-order chi connectivity index (χ1) is 10.5. The van der Waals surface area contributed by atoms with Crippen LogP contribution in [-0.2, 0) is 0 Å². The molecule has 0 fully saturated rings. The quantitative estimate of drug-likeness (QED) is 0.280. The van der Waals surface area contributed by atoms with Gasteiger partial charge in [0.1, 0.15) is 0 Å². The molecule has 0 bridgehead atoms. The van der Waals surface area contributed by atoms with E-state index in [0.29, 0.717) is 12.2 Å². The largest absolute Gasteiger partial charge is 0.338 e. The number of urea groups is 1. The molecule has 0 heterocycles. The van der Waals surface area contributed by atoms with Gasteiger partial charge in [-0.05, 0) is 31.7 Å². The van der Waals surface area contributed by atoms with Crippen molar-refractivity contribution in [2.24, 2.45) is 0 Å². The molecule has 1 rings (SSSR count). The number of nitrogens with zero attached hydrogens (tertiary/aromatic N) is 1. The lowest BCUT2D eigenvalue weighted by atomic mass is 10.1. The average molecular weight is 306 g/mol. The molecule has 0 saturated heterocycles. The summed E-state index contributed by atoms with van der Waals surface area (Å²) >= 11 is 0. The Morgan fingerprint density at radius 2 is 2.09 bits per heavy atom. The number of carbonyl (C=O) groups is 1. The maximum atomic E-state index is 11.7. The van der Waals surface area contributed by atoms with Crippen molar-refractivity contribution in [2.75, 3.05) is 11.9 Å². The zero-order chi connectivity index (χ0) is 16.4. The van der Waals surface area contributed by atoms with Crippen LogP contribution in [-0.4, -0.2) is 23.2 Å². The lowest BCUT2D eigenvalue weighted by molar-refractivity contribution is -0.384. The van der Waals surface area contributed by atoms with E-state index < -0.39 is 4.92 Å². The smallest absolute Gasteiger partial charge is 0.319 e. The number of carbonyl (C=O) groups excluding carboxylic acids is 1. The Labute approximate surface area is 129 Å². The van der Waals surface area contributed by atoms with Gasteiger partial charge in [-0.15, -0.1) is 0 Å². The molecule has 1 aromatic rings. The Balaban J connectivity index is 2.25. The van der Waals surface area contributed by atoms with Crippen LogP contribution in [0.5, 0.6) is 0 Å². The highest BCUT2D eigenvalue weighted by atomic mass is 16.6. The minimum Gasteiger partial charge on any atom is -0.338 e. The highest BCUT2D eigenvalue weighted by molar-refractivity contribution is 5.89. The van der Waals surface area contributed by atoms with Gasteiger partial charge in [-0.2, -0.15) is 0 Å². The van der Waals surface area contributed by atoms with E-state index in [1.54, 1.807) is 6.07 Å². The van der Waals surface area contributed by atoms with Crippen molar-refractivity contribution in [3.05, 3.63) is 34.4 Å². The first kappa shape index (κ1) is 17.6. The molecule has 3 N–H and O–H groups in total. The van der Waals surface area contributed by atoms with Gasteiger partial charge in [-0.1, -0.05) is 19.4 Å². The number of anilines is 1. The van der Waals surface area contributed by atoms with Crippen LogP contribution in [0.1, 0.15) is 39.0 Å². The van der Waals surface area contributed by atoms with Crippen molar-refractivity contribution in [1.82, 2.24) is 5.32 Å². The predicted molar refractivity (Wildman–Crippen MR) is 86.6 cm³/mol. The molecule has 22 heavy (non-hydrogen) atoms. The molecule has 0 aliphatic rings. The Hall–Kier alpha value is -2.44. The highest BCUT2D eigenvalue weighted by Gasteiger charge is 2.07. The van der Waals surface area contributed by atoms with Crippen LogP contribution in [0.25, 0.3) is 0 Å². The number of benzene rings is 1. The minimum atomic E-state index is -0.506. The SMILES string of the molecule is CCCC(=N)CCCCNC(=O)Nc1cccc([N+](=O)[O-])c1. The number of rotatable bonds is 9. The minimum absolute atomic E-state index is 0.0627. The first-order valence-electron chi connectivity index (χ1n) is 7.38. The molecule has 0 aromatic heterocycles. The number of hydrogen-bond acceptors (Lipinski definition) is 4. The van der Waals surface area contributed by atoms with Crippen LogP contribution in [0, 0.1) is 15.5 Å². The maximum absolute atomic E-state index is 11.7. The zero-order valence-corrected chi connectivity index (χ0v) is 12.7. The van der Waals surface area contributed by atoms with Gasteiger partial charge in [-0.25, -0.2) is 4.79 Å². The Kier molecular flexibility index (Phi) is 7.60. The first-order valence-corrected chi connectivity index (χ1v) is 7.38. The summed E-state index contributed by atoms with van der Waals surface area (Å²) in [6.07, 6.45) is 4.26. The number of nitrogens with one attached hydrogen (secondary N) is 3. The summed E-state index contributed by atoms with van der Waals surface area (Å²) in [5, 5.41) is 23.6. The Morgan fingerprint density at radius 3 is 2.77 bits per heavy atom. The molecule has 0 atom stereocenters. The van der Waals surface area contributed by atoms with Crippen LogP contribution < -0.4 is 10.6 Å². The fourth-order valence-corrected chi connectivity index (χ4v) is 1.96. The molecule has 0 unspecified atom stereocenters. The van der Waals surface area contributed by atoms with Gasteiger partial charge in [0, 0.05) is 30.1 Å². The molecule has 7 heteroatoms. The van der Waals surface area contributed by atoms with Crippen molar-refractivity contribution < 1.29 is 9.72 Å². The van der Waals surface area contributed by atoms with Crippen LogP contribution >= 0.6 is 0 Å². The summed E-state index contributed by atoms with van der Waals surface area (Å²) in [7, 11) is 0. The Morgan fingerprint density at radius 1 is 1.32 bits per heavy atom. The summed E-state index contributed by atoms with van der Waals surface area (Å²) in [4.78, 5) is 21.8. The van der Waals surface area contributed by atoms with E-state index >= 15 is 0 Å². The molecule has 0 spiro atoms. The number of amides is 2. The van der Waals surface area contributed by atoms with E-state index in [4.69, 9.17) is 5.41 Å². The van der Waals surface area contributed by atoms with Gasteiger partial charge >= 0.3 is 6.03 Å². The average Bonchev–Trinajstić information content (AvgIpc) is 2.47. The molecule has 0 aliphatic heterocycles. The van der Waals surface area contributed by atoms with Crippen molar-refractivity contribution in [3.63, 3.8) is 0 Å². The van der Waals surface area contributed by atoms with Crippen molar-refractivity contribution >= 4 is 23.1 Å². The van der Waals surface area contributed by atoms with E-state index in [1.807, 2.05) is 6.92 Å². The van der Waals surface area contributed by atoms with Gasteiger partial charge in [0.25, 0.3) is 5.69 Å². The second-order valence-electron chi connectivity index (χ2n) is 5.00. The highest BCUT2D eigenvalue weighted by Crippen LogP contribution is 2.16. The molecule has 120 valence electrons. The van der Waals surface area contributed by atoms with Crippen LogP contribution in [0.4, 0.5) is 16.2 Å². The van der Waals surface area contributed by atoms with Gasteiger partial charge in [0.15, 0.2) is 0 Å². The summed E-state index contributed by atoms with van der Waals surface area (Å²) in [5.41, 5.74) is 1.08. The summed E-state index contributed by atoms with van der Waals surface area (Å²) in [6.45, 7) is 2.56. The van der Waals surface area contributed by atoms with E-state index in [9.17, 15) is 14.9 Å². The van der Waals surface area contributed by atoms with Crippen molar-refractivity contribution in [1.29, 1.82) is 5.41 Å². The van der Waals surface area contributed by atoms with Gasteiger partial charge in [0.2, 0.25) is 0 Å². The number of nitro benzene ring substituents is 1. The summed E-state index contributed by atoms with van der Waals surface area (Å²) in [5.74, 6) is 0. The van der Waals surface area contributed by atoms with Crippen LogP contribution in [0.15, 0.2) is 24.3 Å². The number of non-ortho nitro benzene ring substituents is 1. The molecule has 7 nitrogen and oxygen atoms in total.